The lowest BCUT2D eigenvalue weighted by atomic mass is 9.97. The second-order valence-electron chi connectivity index (χ2n) is 11.7. The molecule has 1 aromatic heterocycles. The van der Waals surface area contributed by atoms with Gasteiger partial charge in [0.1, 0.15) is 11.2 Å². The minimum Gasteiger partial charge on any atom is -0.455 e. The van der Waals surface area contributed by atoms with Crippen molar-refractivity contribution in [2.75, 3.05) is 4.90 Å². The molecule has 0 saturated carbocycles. The highest BCUT2D eigenvalue weighted by molar-refractivity contribution is 6.19. The standard InChI is InChI=1S/C44H29NO/c1-2-11-30(12-3-1)31-23-26-35(27-24-31)45(36-17-8-16-34(29-36)38-20-9-15-32-13-4-6-18-37(32)38)41-21-10-22-42-43(41)40-28-25-33-14-5-7-19-39(33)44(40)46-42/h1-29H. The van der Waals surface area contributed by atoms with E-state index in [0.717, 1.165) is 44.4 Å². The first-order valence-corrected chi connectivity index (χ1v) is 15.7. The van der Waals surface area contributed by atoms with Gasteiger partial charge in [0.25, 0.3) is 0 Å². The Hall–Kier alpha value is -6.12. The van der Waals surface area contributed by atoms with E-state index in [-0.39, 0.29) is 0 Å². The van der Waals surface area contributed by atoms with E-state index < -0.39 is 0 Å². The SMILES string of the molecule is c1ccc(-c2ccc(N(c3cccc(-c4cccc5ccccc45)c3)c3cccc4oc5c6ccccc6ccc5c34)cc2)cc1. The Morgan fingerprint density at radius 3 is 1.89 bits per heavy atom. The fourth-order valence-electron chi connectivity index (χ4n) is 6.87. The summed E-state index contributed by atoms with van der Waals surface area (Å²) in [6.07, 6.45) is 0. The Labute approximate surface area is 267 Å². The van der Waals surface area contributed by atoms with Crippen molar-refractivity contribution < 1.29 is 4.42 Å². The van der Waals surface area contributed by atoms with Gasteiger partial charge in [-0.15, -0.1) is 0 Å². The lowest BCUT2D eigenvalue weighted by molar-refractivity contribution is 0.672. The van der Waals surface area contributed by atoms with Crippen molar-refractivity contribution in [3.05, 3.63) is 176 Å². The molecule has 9 rings (SSSR count). The van der Waals surface area contributed by atoms with Gasteiger partial charge in [0.15, 0.2) is 0 Å². The molecule has 8 aromatic carbocycles. The van der Waals surface area contributed by atoms with Crippen molar-refractivity contribution in [1.29, 1.82) is 0 Å². The molecule has 0 N–H and O–H groups in total. The predicted molar refractivity (Wildman–Crippen MR) is 194 cm³/mol. The fourth-order valence-corrected chi connectivity index (χ4v) is 6.87. The molecule has 0 aliphatic carbocycles. The van der Waals surface area contributed by atoms with Crippen LogP contribution in [0.3, 0.4) is 0 Å². The van der Waals surface area contributed by atoms with Crippen LogP contribution in [0.25, 0.3) is 65.7 Å². The number of hydrogen-bond acceptors (Lipinski definition) is 2. The van der Waals surface area contributed by atoms with Crippen molar-refractivity contribution in [3.8, 4) is 22.3 Å². The Kier molecular flexibility index (Phi) is 6.17. The Balaban J connectivity index is 1.28. The lowest BCUT2D eigenvalue weighted by Crippen LogP contribution is -2.10. The molecule has 9 aromatic rings. The highest BCUT2D eigenvalue weighted by Gasteiger charge is 2.21. The van der Waals surface area contributed by atoms with Crippen LogP contribution in [0.1, 0.15) is 0 Å². The maximum atomic E-state index is 6.62. The smallest absolute Gasteiger partial charge is 0.143 e. The molecule has 216 valence electrons. The van der Waals surface area contributed by atoms with Gasteiger partial charge in [0, 0.05) is 22.1 Å². The van der Waals surface area contributed by atoms with Crippen LogP contribution in [-0.4, -0.2) is 0 Å². The molecule has 0 atom stereocenters. The summed E-state index contributed by atoms with van der Waals surface area (Å²) in [6, 6.07) is 62.7. The number of benzene rings is 8. The second kappa shape index (κ2) is 10.8. The quantitative estimate of drug-likeness (QED) is 0.199. The topological polar surface area (TPSA) is 16.4 Å². The lowest BCUT2D eigenvalue weighted by Gasteiger charge is -2.27. The van der Waals surface area contributed by atoms with Crippen LogP contribution in [0.4, 0.5) is 17.1 Å². The third kappa shape index (κ3) is 4.35. The molecule has 0 saturated heterocycles. The normalized spacial score (nSPS) is 11.5. The van der Waals surface area contributed by atoms with Gasteiger partial charge in [-0.25, -0.2) is 0 Å². The van der Waals surface area contributed by atoms with E-state index in [0.29, 0.717) is 0 Å². The van der Waals surface area contributed by atoms with Crippen LogP contribution in [0.2, 0.25) is 0 Å². The van der Waals surface area contributed by atoms with E-state index in [2.05, 4.69) is 181 Å². The first kappa shape index (κ1) is 26.3. The second-order valence-corrected chi connectivity index (χ2v) is 11.7. The fraction of sp³-hybridized carbons (Fsp3) is 0. The maximum absolute atomic E-state index is 6.62. The van der Waals surface area contributed by atoms with Crippen molar-refractivity contribution in [1.82, 2.24) is 0 Å². The van der Waals surface area contributed by atoms with Crippen LogP contribution in [0, 0.1) is 0 Å². The summed E-state index contributed by atoms with van der Waals surface area (Å²) in [4.78, 5) is 2.37. The molecule has 0 bridgehead atoms. The molecule has 2 heteroatoms. The van der Waals surface area contributed by atoms with Gasteiger partial charge >= 0.3 is 0 Å². The van der Waals surface area contributed by atoms with Crippen LogP contribution in [-0.2, 0) is 0 Å². The average Bonchev–Trinajstić information content (AvgIpc) is 3.52. The van der Waals surface area contributed by atoms with Crippen molar-refractivity contribution in [2.45, 2.75) is 0 Å². The van der Waals surface area contributed by atoms with Crippen LogP contribution in [0.15, 0.2) is 180 Å². The van der Waals surface area contributed by atoms with Crippen LogP contribution < -0.4 is 4.90 Å². The van der Waals surface area contributed by atoms with Gasteiger partial charge in [-0.3, -0.25) is 0 Å². The molecule has 0 fully saturated rings. The monoisotopic (exact) mass is 587 g/mol. The molecule has 0 aliphatic rings. The minimum atomic E-state index is 0.875. The third-order valence-electron chi connectivity index (χ3n) is 9.04. The number of fused-ring (bicyclic) bond motifs is 6. The molecular weight excluding hydrogens is 558 g/mol. The zero-order valence-electron chi connectivity index (χ0n) is 25.1. The van der Waals surface area contributed by atoms with Crippen molar-refractivity contribution in [2.24, 2.45) is 0 Å². The molecule has 0 radical (unpaired) electrons. The largest absolute Gasteiger partial charge is 0.455 e. The summed E-state index contributed by atoms with van der Waals surface area (Å²) < 4.78 is 6.62. The minimum absolute atomic E-state index is 0.875. The highest BCUT2D eigenvalue weighted by Crippen LogP contribution is 2.45. The number of rotatable bonds is 5. The molecule has 0 unspecified atom stereocenters. The molecule has 0 spiro atoms. The first-order chi connectivity index (χ1) is 22.8. The summed E-state index contributed by atoms with van der Waals surface area (Å²) in [5.74, 6) is 0. The molecule has 2 nitrogen and oxygen atoms in total. The average molecular weight is 588 g/mol. The summed E-state index contributed by atoms with van der Waals surface area (Å²) in [5.41, 5.74) is 9.82. The maximum Gasteiger partial charge on any atom is 0.143 e. The van der Waals surface area contributed by atoms with E-state index in [4.69, 9.17) is 4.42 Å². The first-order valence-electron chi connectivity index (χ1n) is 15.7. The van der Waals surface area contributed by atoms with E-state index in [1.165, 1.54) is 38.4 Å². The van der Waals surface area contributed by atoms with E-state index >= 15 is 0 Å². The summed E-state index contributed by atoms with van der Waals surface area (Å²) in [7, 11) is 0. The van der Waals surface area contributed by atoms with Gasteiger partial charge in [-0.1, -0.05) is 133 Å². The molecule has 0 aliphatic heterocycles. The number of furan rings is 1. The highest BCUT2D eigenvalue weighted by atomic mass is 16.3. The zero-order chi connectivity index (χ0) is 30.5. The Bertz CT molecular complexity index is 2520. The predicted octanol–water partition coefficient (Wildman–Crippen LogP) is 12.7. The molecule has 46 heavy (non-hydrogen) atoms. The van der Waals surface area contributed by atoms with Crippen LogP contribution in [0.5, 0.6) is 0 Å². The molecule has 1 heterocycles. The van der Waals surface area contributed by atoms with Crippen molar-refractivity contribution >= 4 is 60.5 Å². The van der Waals surface area contributed by atoms with E-state index in [9.17, 15) is 0 Å². The van der Waals surface area contributed by atoms with Crippen LogP contribution >= 0.6 is 0 Å². The number of nitrogens with zero attached hydrogens (tertiary/aromatic N) is 1. The van der Waals surface area contributed by atoms with Gasteiger partial charge in [-0.2, -0.15) is 0 Å². The Morgan fingerprint density at radius 1 is 0.391 bits per heavy atom. The zero-order valence-corrected chi connectivity index (χ0v) is 25.1. The molecular formula is C44H29NO. The Morgan fingerprint density at radius 2 is 1.04 bits per heavy atom. The van der Waals surface area contributed by atoms with Gasteiger partial charge in [0.2, 0.25) is 0 Å². The number of anilines is 3. The molecule has 0 amide bonds. The van der Waals surface area contributed by atoms with Gasteiger partial charge in [0.05, 0.1) is 11.1 Å². The summed E-state index contributed by atoms with van der Waals surface area (Å²) in [5, 5.41) is 6.99. The van der Waals surface area contributed by atoms with Gasteiger partial charge in [-0.05, 0) is 80.9 Å². The van der Waals surface area contributed by atoms with Crippen molar-refractivity contribution in [3.63, 3.8) is 0 Å². The summed E-state index contributed by atoms with van der Waals surface area (Å²) >= 11 is 0. The van der Waals surface area contributed by atoms with E-state index in [1.54, 1.807) is 0 Å². The van der Waals surface area contributed by atoms with Gasteiger partial charge < -0.3 is 9.32 Å². The third-order valence-corrected chi connectivity index (χ3v) is 9.04. The summed E-state index contributed by atoms with van der Waals surface area (Å²) in [6.45, 7) is 0. The van der Waals surface area contributed by atoms with E-state index in [1.807, 2.05) is 0 Å². The number of hydrogen-bond donors (Lipinski definition) is 0.